The highest BCUT2D eigenvalue weighted by atomic mass is 32.1. The quantitative estimate of drug-likeness (QED) is 0.691. The zero-order valence-electron chi connectivity index (χ0n) is 8.84. The Morgan fingerprint density at radius 1 is 1.46 bits per heavy atom. The molecular weight excluding hydrogens is 178 g/mol. The lowest BCUT2D eigenvalue weighted by atomic mass is 9.97. The summed E-state index contributed by atoms with van der Waals surface area (Å²) in [5.74, 6) is 0.699. The largest absolute Gasteiger partial charge is 0.246 e. The molecule has 13 heavy (non-hydrogen) atoms. The van der Waals surface area contributed by atoms with Gasteiger partial charge in [-0.3, -0.25) is 0 Å². The van der Waals surface area contributed by atoms with Crippen molar-refractivity contribution >= 4 is 11.3 Å². The Bertz CT molecular complexity index is 242. The van der Waals surface area contributed by atoms with E-state index in [4.69, 9.17) is 0 Å². The third kappa shape index (κ3) is 3.11. The smallest absolute Gasteiger partial charge is 0.0897 e. The van der Waals surface area contributed by atoms with Crippen molar-refractivity contribution in [3.63, 3.8) is 0 Å². The maximum atomic E-state index is 4.55. The molecule has 0 saturated heterocycles. The molecule has 0 aliphatic heterocycles. The maximum Gasteiger partial charge on any atom is 0.0897 e. The van der Waals surface area contributed by atoms with Crippen molar-refractivity contribution < 1.29 is 0 Å². The molecule has 0 amide bonds. The lowest BCUT2D eigenvalue weighted by molar-refractivity contribution is 0.559. The molecule has 74 valence electrons. The molecule has 0 aliphatic carbocycles. The first kappa shape index (κ1) is 10.7. The monoisotopic (exact) mass is 197 g/mol. The highest BCUT2D eigenvalue weighted by Gasteiger charge is 2.11. The summed E-state index contributed by atoms with van der Waals surface area (Å²) in [5, 5.41) is 3.42. The summed E-state index contributed by atoms with van der Waals surface area (Å²) in [5.41, 5.74) is 1.32. The van der Waals surface area contributed by atoms with Crippen LogP contribution in [0.3, 0.4) is 0 Å². The second-order valence-corrected chi connectivity index (χ2v) is 4.60. The minimum Gasteiger partial charge on any atom is -0.246 e. The van der Waals surface area contributed by atoms with Crippen molar-refractivity contribution in [3.05, 3.63) is 16.1 Å². The molecule has 0 fully saturated rings. The first-order chi connectivity index (χ1) is 6.27. The summed E-state index contributed by atoms with van der Waals surface area (Å²) in [7, 11) is 0. The van der Waals surface area contributed by atoms with Crippen LogP contribution in [0.5, 0.6) is 0 Å². The summed E-state index contributed by atoms with van der Waals surface area (Å²) in [6, 6.07) is 0. The van der Waals surface area contributed by atoms with Crippen molar-refractivity contribution in [3.8, 4) is 0 Å². The van der Waals surface area contributed by atoms with Crippen LogP contribution in [-0.2, 0) is 0 Å². The van der Waals surface area contributed by atoms with Crippen molar-refractivity contribution in [2.45, 2.75) is 52.4 Å². The van der Waals surface area contributed by atoms with Gasteiger partial charge in [0.15, 0.2) is 0 Å². The molecule has 0 N–H and O–H groups in total. The van der Waals surface area contributed by atoms with Crippen LogP contribution >= 0.6 is 11.3 Å². The zero-order valence-corrected chi connectivity index (χ0v) is 9.66. The van der Waals surface area contributed by atoms with E-state index in [1.165, 1.54) is 36.4 Å². The van der Waals surface area contributed by atoms with Gasteiger partial charge in [0.25, 0.3) is 0 Å². The van der Waals surface area contributed by atoms with Crippen LogP contribution in [0, 0.1) is 6.92 Å². The molecule has 2 heteroatoms. The summed E-state index contributed by atoms with van der Waals surface area (Å²) in [6.45, 7) is 6.59. The van der Waals surface area contributed by atoms with Crippen LogP contribution in [0.25, 0.3) is 0 Å². The zero-order chi connectivity index (χ0) is 9.68. The van der Waals surface area contributed by atoms with Crippen LogP contribution in [0.1, 0.15) is 56.2 Å². The van der Waals surface area contributed by atoms with Crippen molar-refractivity contribution in [2.24, 2.45) is 0 Å². The van der Waals surface area contributed by atoms with Gasteiger partial charge in [0.1, 0.15) is 0 Å². The predicted octanol–water partition coefficient (Wildman–Crippen LogP) is 4.14. The Kier molecular flexibility index (Phi) is 4.43. The lowest BCUT2D eigenvalue weighted by Gasteiger charge is -2.10. The van der Waals surface area contributed by atoms with Crippen molar-refractivity contribution in [1.29, 1.82) is 0 Å². The number of nitrogens with zero attached hydrogens (tertiary/aromatic N) is 1. The second kappa shape index (κ2) is 5.38. The van der Waals surface area contributed by atoms with Gasteiger partial charge in [0.2, 0.25) is 0 Å². The van der Waals surface area contributed by atoms with Gasteiger partial charge in [-0.2, -0.15) is 0 Å². The van der Waals surface area contributed by atoms with E-state index < -0.39 is 0 Å². The van der Waals surface area contributed by atoms with Gasteiger partial charge in [-0.25, -0.2) is 4.98 Å². The Morgan fingerprint density at radius 3 is 2.69 bits per heavy atom. The highest BCUT2D eigenvalue weighted by Crippen LogP contribution is 2.26. The van der Waals surface area contributed by atoms with Gasteiger partial charge < -0.3 is 0 Å². The molecule has 0 aromatic carbocycles. The number of aromatic nitrogens is 1. The van der Waals surface area contributed by atoms with Crippen molar-refractivity contribution in [1.82, 2.24) is 4.98 Å². The molecule has 1 heterocycles. The average Bonchev–Trinajstić information content (AvgIpc) is 2.54. The van der Waals surface area contributed by atoms with Gasteiger partial charge in [0.05, 0.1) is 10.7 Å². The number of thiazole rings is 1. The maximum absolute atomic E-state index is 4.55. The van der Waals surface area contributed by atoms with Crippen molar-refractivity contribution in [2.75, 3.05) is 0 Å². The Hall–Kier alpha value is -0.370. The number of hydrogen-bond donors (Lipinski definition) is 0. The summed E-state index contributed by atoms with van der Waals surface area (Å²) >= 11 is 1.77. The van der Waals surface area contributed by atoms with Crippen LogP contribution in [-0.4, -0.2) is 4.98 Å². The molecule has 0 bridgehead atoms. The number of aryl methyl sites for hydroxylation is 1. The first-order valence-corrected chi connectivity index (χ1v) is 6.07. The normalized spacial score (nSPS) is 13.2. The van der Waals surface area contributed by atoms with Crippen LogP contribution in [0.2, 0.25) is 0 Å². The summed E-state index contributed by atoms with van der Waals surface area (Å²) < 4.78 is 0. The van der Waals surface area contributed by atoms with E-state index in [1.807, 2.05) is 0 Å². The molecule has 0 saturated carbocycles. The second-order valence-electron chi connectivity index (χ2n) is 3.54. The molecule has 1 atom stereocenters. The summed E-state index contributed by atoms with van der Waals surface area (Å²) in [4.78, 5) is 4.55. The average molecular weight is 197 g/mol. The molecular formula is C11H19NS. The number of hydrogen-bond acceptors (Lipinski definition) is 2. The minimum absolute atomic E-state index is 0.699. The van der Waals surface area contributed by atoms with Gasteiger partial charge in [-0.1, -0.05) is 26.7 Å². The Labute approximate surface area is 85.2 Å². The molecule has 1 unspecified atom stereocenters. The number of unbranched alkanes of at least 4 members (excludes halogenated alkanes) is 1. The third-order valence-corrected chi connectivity index (χ3v) is 3.25. The van der Waals surface area contributed by atoms with E-state index in [9.17, 15) is 0 Å². The molecule has 1 rings (SSSR count). The predicted molar refractivity (Wildman–Crippen MR) is 59.4 cm³/mol. The fourth-order valence-corrected chi connectivity index (χ4v) is 2.27. The highest BCUT2D eigenvalue weighted by molar-refractivity contribution is 7.09. The summed E-state index contributed by atoms with van der Waals surface area (Å²) in [6.07, 6.45) is 5.15. The molecule has 1 aromatic heterocycles. The minimum atomic E-state index is 0.699. The van der Waals surface area contributed by atoms with Gasteiger partial charge in [0, 0.05) is 11.3 Å². The molecule has 0 spiro atoms. The van der Waals surface area contributed by atoms with E-state index in [-0.39, 0.29) is 0 Å². The van der Waals surface area contributed by atoms with E-state index >= 15 is 0 Å². The molecule has 0 radical (unpaired) electrons. The first-order valence-electron chi connectivity index (χ1n) is 5.20. The molecule has 1 aromatic rings. The molecule has 0 aliphatic rings. The third-order valence-electron chi connectivity index (χ3n) is 2.45. The van der Waals surface area contributed by atoms with Gasteiger partial charge in [-0.05, 0) is 19.8 Å². The SMILES string of the molecule is CCCCC(CC)c1csc(C)n1. The van der Waals surface area contributed by atoms with E-state index in [1.54, 1.807) is 11.3 Å². The van der Waals surface area contributed by atoms with E-state index in [0.29, 0.717) is 5.92 Å². The molecule has 1 nitrogen and oxygen atoms in total. The Balaban J connectivity index is 2.56. The Morgan fingerprint density at radius 2 is 2.23 bits per heavy atom. The van der Waals surface area contributed by atoms with Gasteiger partial charge >= 0.3 is 0 Å². The topological polar surface area (TPSA) is 12.9 Å². The van der Waals surface area contributed by atoms with E-state index in [0.717, 1.165) is 0 Å². The van der Waals surface area contributed by atoms with Crippen LogP contribution in [0.4, 0.5) is 0 Å². The fraction of sp³-hybridized carbons (Fsp3) is 0.727. The lowest BCUT2D eigenvalue weighted by Crippen LogP contribution is -1.97. The van der Waals surface area contributed by atoms with Crippen LogP contribution < -0.4 is 0 Å². The van der Waals surface area contributed by atoms with Gasteiger partial charge in [-0.15, -0.1) is 11.3 Å². The number of rotatable bonds is 5. The van der Waals surface area contributed by atoms with E-state index in [2.05, 4.69) is 31.1 Å². The fourth-order valence-electron chi connectivity index (χ4n) is 1.58. The van der Waals surface area contributed by atoms with Crippen LogP contribution in [0.15, 0.2) is 5.38 Å². The standard InChI is InChI=1S/C11H19NS/c1-4-6-7-10(5-2)11-8-13-9(3)12-11/h8,10H,4-7H2,1-3H3.